The predicted molar refractivity (Wildman–Crippen MR) is 111 cm³/mol. The summed E-state index contributed by atoms with van der Waals surface area (Å²) in [7, 11) is 0. The summed E-state index contributed by atoms with van der Waals surface area (Å²) in [6.45, 7) is 2.46. The van der Waals surface area contributed by atoms with Crippen molar-refractivity contribution in [2.24, 2.45) is 0 Å². The number of esters is 1. The number of hydrogen-bond acceptors (Lipinski definition) is 5. The van der Waals surface area contributed by atoms with Gasteiger partial charge in [-0.3, -0.25) is 4.79 Å². The minimum Gasteiger partial charge on any atom is -0.451 e. The summed E-state index contributed by atoms with van der Waals surface area (Å²) in [5.74, 6) is -0.818. The van der Waals surface area contributed by atoms with Gasteiger partial charge in [0.1, 0.15) is 5.69 Å². The van der Waals surface area contributed by atoms with Crippen LogP contribution in [0.5, 0.6) is 0 Å². The van der Waals surface area contributed by atoms with Crippen molar-refractivity contribution < 1.29 is 14.3 Å². The molecule has 2 aromatic carbocycles. The number of benzene rings is 2. The quantitative estimate of drug-likeness (QED) is 0.622. The van der Waals surface area contributed by atoms with Crippen molar-refractivity contribution in [2.75, 3.05) is 18.1 Å². The average Bonchev–Trinajstić information content (AvgIpc) is 2.89. The summed E-state index contributed by atoms with van der Waals surface area (Å²) in [5, 5.41) is 1.37. The molecular formula is C22H20N2O3S. The lowest BCUT2D eigenvalue weighted by molar-refractivity contribution is -0.121. The van der Waals surface area contributed by atoms with Crippen LogP contribution in [-0.2, 0) is 9.53 Å². The molecule has 28 heavy (non-hydrogen) atoms. The van der Waals surface area contributed by atoms with Gasteiger partial charge in [-0.2, -0.15) is 0 Å². The molecule has 0 aliphatic carbocycles. The zero-order valence-electron chi connectivity index (χ0n) is 15.5. The molecule has 1 aliphatic rings. The Kier molecular flexibility index (Phi) is 5.30. The molecule has 0 saturated carbocycles. The van der Waals surface area contributed by atoms with Crippen molar-refractivity contribution in [3.05, 3.63) is 66.4 Å². The fourth-order valence-corrected chi connectivity index (χ4v) is 4.32. The van der Waals surface area contributed by atoms with Gasteiger partial charge >= 0.3 is 5.97 Å². The van der Waals surface area contributed by atoms with Gasteiger partial charge in [-0.1, -0.05) is 43.3 Å². The Balaban J connectivity index is 1.47. The SMILES string of the molecule is C[C@H]1CCN(C(=O)COC(=O)c2ccc3ccccc3n2)c2ccccc2S1. The molecule has 0 saturated heterocycles. The molecular weight excluding hydrogens is 372 g/mol. The molecule has 0 N–H and O–H groups in total. The first-order chi connectivity index (χ1) is 13.6. The molecule has 6 heteroatoms. The number of rotatable bonds is 3. The zero-order valence-corrected chi connectivity index (χ0v) is 16.3. The van der Waals surface area contributed by atoms with Crippen molar-refractivity contribution in [3.63, 3.8) is 0 Å². The number of anilines is 1. The van der Waals surface area contributed by atoms with E-state index in [-0.39, 0.29) is 18.2 Å². The molecule has 1 atom stereocenters. The molecule has 1 amide bonds. The van der Waals surface area contributed by atoms with Crippen molar-refractivity contribution in [1.29, 1.82) is 0 Å². The van der Waals surface area contributed by atoms with Crippen LogP contribution < -0.4 is 4.90 Å². The van der Waals surface area contributed by atoms with E-state index >= 15 is 0 Å². The van der Waals surface area contributed by atoms with Gasteiger partial charge in [0.05, 0.1) is 11.2 Å². The molecule has 0 unspecified atom stereocenters. The Morgan fingerprint density at radius 2 is 1.89 bits per heavy atom. The number of amides is 1. The highest BCUT2D eigenvalue weighted by Crippen LogP contribution is 2.37. The van der Waals surface area contributed by atoms with Gasteiger partial charge in [-0.25, -0.2) is 9.78 Å². The first-order valence-corrected chi connectivity index (χ1v) is 10.1. The number of fused-ring (bicyclic) bond motifs is 2. The molecule has 3 aromatic rings. The molecule has 5 nitrogen and oxygen atoms in total. The number of hydrogen-bond donors (Lipinski definition) is 0. The molecule has 0 fully saturated rings. The molecule has 4 rings (SSSR count). The van der Waals surface area contributed by atoms with Crippen LogP contribution in [0.15, 0.2) is 65.6 Å². The number of ether oxygens (including phenoxy) is 1. The number of pyridine rings is 1. The van der Waals surface area contributed by atoms with Gasteiger partial charge < -0.3 is 9.64 Å². The van der Waals surface area contributed by atoms with Crippen LogP contribution in [0, 0.1) is 0 Å². The molecule has 0 bridgehead atoms. The minimum absolute atomic E-state index is 0.201. The second-order valence-corrected chi connectivity index (χ2v) is 8.18. The Hall–Kier alpha value is -2.86. The molecule has 0 radical (unpaired) electrons. The van der Waals surface area contributed by atoms with Gasteiger partial charge in [0.25, 0.3) is 5.91 Å². The Labute approximate surface area is 167 Å². The Morgan fingerprint density at radius 3 is 2.79 bits per heavy atom. The summed E-state index contributed by atoms with van der Waals surface area (Å²) in [5.41, 5.74) is 1.80. The maximum Gasteiger partial charge on any atom is 0.357 e. The highest BCUT2D eigenvalue weighted by Gasteiger charge is 2.25. The maximum absolute atomic E-state index is 12.8. The van der Waals surface area contributed by atoms with E-state index in [1.165, 1.54) is 0 Å². The van der Waals surface area contributed by atoms with Crippen molar-refractivity contribution >= 4 is 40.2 Å². The van der Waals surface area contributed by atoms with E-state index in [0.29, 0.717) is 11.8 Å². The topological polar surface area (TPSA) is 59.5 Å². The molecule has 0 spiro atoms. The second kappa shape index (κ2) is 8.02. The van der Waals surface area contributed by atoms with Gasteiger partial charge in [-0.15, -0.1) is 11.8 Å². The summed E-state index contributed by atoms with van der Waals surface area (Å²) >= 11 is 1.76. The van der Waals surface area contributed by atoms with Gasteiger partial charge in [0.2, 0.25) is 0 Å². The van der Waals surface area contributed by atoms with Crippen molar-refractivity contribution in [2.45, 2.75) is 23.5 Å². The molecule has 142 valence electrons. The molecule has 2 heterocycles. The fourth-order valence-electron chi connectivity index (χ4n) is 3.20. The van der Waals surface area contributed by atoms with E-state index in [1.807, 2.05) is 54.6 Å². The Morgan fingerprint density at radius 1 is 1.11 bits per heavy atom. The van der Waals surface area contributed by atoms with Crippen LogP contribution in [0.3, 0.4) is 0 Å². The first kappa shape index (κ1) is 18.5. The maximum atomic E-state index is 12.8. The number of carbonyl (C=O) groups excluding carboxylic acids is 2. The van der Waals surface area contributed by atoms with E-state index in [0.717, 1.165) is 27.9 Å². The van der Waals surface area contributed by atoms with Crippen molar-refractivity contribution in [3.8, 4) is 0 Å². The summed E-state index contributed by atoms with van der Waals surface area (Å²) in [6.07, 6.45) is 0.880. The van der Waals surface area contributed by atoms with Crippen molar-refractivity contribution in [1.82, 2.24) is 4.98 Å². The monoisotopic (exact) mass is 392 g/mol. The Bertz CT molecular complexity index is 1040. The zero-order chi connectivity index (χ0) is 19.5. The normalized spacial score (nSPS) is 16.3. The van der Waals surface area contributed by atoms with Crippen LogP contribution in [0.1, 0.15) is 23.8 Å². The third-order valence-electron chi connectivity index (χ3n) is 4.68. The second-order valence-electron chi connectivity index (χ2n) is 6.70. The summed E-state index contributed by atoms with van der Waals surface area (Å²) in [4.78, 5) is 32.3. The van der Waals surface area contributed by atoms with Crippen LogP contribution in [-0.4, -0.2) is 35.3 Å². The number of nitrogens with zero attached hydrogens (tertiary/aromatic N) is 2. The smallest absolute Gasteiger partial charge is 0.357 e. The lowest BCUT2D eigenvalue weighted by Gasteiger charge is -2.22. The van der Waals surface area contributed by atoms with E-state index in [9.17, 15) is 9.59 Å². The lowest BCUT2D eigenvalue weighted by atomic mass is 10.2. The van der Waals surface area contributed by atoms with E-state index in [1.54, 1.807) is 22.7 Å². The van der Waals surface area contributed by atoms with Gasteiger partial charge in [-0.05, 0) is 30.7 Å². The predicted octanol–water partition coefficient (Wildman–Crippen LogP) is 4.31. The third-order valence-corrected chi connectivity index (χ3v) is 5.92. The fraction of sp³-hybridized carbons (Fsp3) is 0.227. The minimum atomic E-state index is -0.593. The largest absolute Gasteiger partial charge is 0.451 e. The van der Waals surface area contributed by atoms with Crippen LogP contribution >= 0.6 is 11.8 Å². The number of thioether (sulfide) groups is 1. The summed E-state index contributed by atoms with van der Waals surface area (Å²) < 4.78 is 5.28. The number of aromatic nitrogens is 1. The lowest BCUT2D eigenvalue weighted by Crippen LogP contribution is -2.35. The van der Waals surface area contributed by atoms with Gasteiger partial charge in [0.15, 0.2) is 6.61 Å². The van der Waals surface area contributed by atoms with Crippen LogP contribution in [0.25, 0.3) is 10.9 Å². The third kappa shape index (κ3) is 3.87. The van der Waals surface area contributed by atoms with Crippen LogP contribution in [0.2, 0.25) is 0 Å². The number of carbonyl (C=O) groups is 2. The highest BCUT2D eigenvalue weighted by atomic mass is 32.2. The van der Waals surface area contributed by atoms with E-state index < -0.39 is 5.97 Å². The first-order valence-electron chi connectivity index (χ1n) is 9.21. The summed E-state index contributed by atoms with van der Waals surface area (Å²) in [6, 6.07) is 18.8. The standard InChI is InChI=1S/C22H20N2O3S/c1-15-12-13-24(19-8-4-5-9-20(19)28-15)21(25)14-27-22(26)18-11-10-16-6-2-3-7-17(16)23-18/h2-11,15H,12-14H2,1H3/t15-/m0/s1. The average molecular weight is 392 g/mol. The molecule has 1 aliphatic heterocycles. The van der Waals surface area contributed by atoms with E-state index in [2.05, 4.69) is 11.9 Å². The highest BCUT2D eigenvalue weighted by molar-refractivity contribution is 8.00. The molecule has 1 aromatic heterocycles. The van der Waals surface area contributed by atoms with E-state index in [4.69, 9.17) is 4.74 Å². The van der Waals surface area contributed by atoms with Gasteiger partial charge in [0, 0.05) is 22.1 Å². The number of para-hydroxylation sites is 2. The van der Waals surface area contributed by atoms with Crippen LogP contribution in [0.4, 0.5) is 5.69 Å².